The second-order valence-corrected chi connectivity index (χ2v) is 4.11. The monoisotopic (exact) mass is 323 g/mol. The summed E-state index contributed by atoms with van der Waals surface area (Å²) >= 11 is 0. The maximum absolute atomic E-state index is 12.8. The number of carbonyl (C=O) groups excluding carboxylic acids is 1. The van der Waals surface area contributed by atoms with Crippen molar-refractivity contribution in [2.24, 2.45) is 15.9 Å². The molecule has 0 aliphatic carbocycles. The summed E-state index contributed by atoms with van der Waals surface area (Å²) in [6.45, 7) is 3.45. The van der Waals surface area contributed by atoms with Crippen molar-refractivity contribution in [3.8, 4) is 0 Å². The molecular formula is C15H18FN3O4. The molecule has 0 aliphatic rings. The Morgan fingerprint density at radius 3 is 2.43 bits per heavy atom. The highest BCUT2D eigenvalue weighted by Gasteiger charge is 2.22. The molecule has 0 fully saturated rings. The van der Waals surface area contributed by atoms with Crippen LogP contribution in [0.2, 0.25) is 0 Å². The van der Waals surface area contributed by atoms with Gasteiger partial charge in [0.15, 0.2) is 11.4 Å². The predicted octanol–water partition coefficient (Wildman–Crippen LogP) is 1.89. The fraction of sp³-hybridized carbons (Fsp3) is 0.267. The van der Waals surface area contributed by atoms with E-state index < -0.39 is 17.5 Å². The number of hydrogen-bond donors (Lipinski definition) is 2. The van der Waals surface area contributed by atoms with Crippen LogP contribution in [0, 0.1) is 5.82 Å². The summed E-state index contributed by atoms with van der Waals surface area (Å²) in [5.41, 5.74) is 5.82. The standard InChI is InChI=1S/C15H18FN3O4/c1-3-22-14(20)12(15(21)23-4-2)13(17)19-18-9-10-5-7-11(16)8-6-10/h5-9,20H,3-4H2,1-2H3,(H2,17,19)/b14-12-,18-9+. The molecular weight excluding hydrogens is 305 g/mol. The van der Waals surface area contributed by atoms with Crippen LogP contribution in [-0.2, 0) is 14.3 Å². The van der Waals surface area contributed by atoms with Gasteiger partial charge in [-0.2, -0.15) is 5.10 Å². The predicted molar refractivity (Wildman–Crippen MR) is 83.5 cm³/mol. The number of aliphatic hydroxyl groups excluding tert-OH is 1. The summed E-state index contributed by atoms with van der Waals surface area (Å²) in [5, 5.41) is 17.0. The van der Waals surface area contributed by atoms with Crippen LogP contribution in [-0.4, -0.2) is 36.3 Å². The third-order valence-electron chi connectivity index (χ3n) is 2.47. The number of halogens is 1. The molecule has 0 radical (unpaired) electrons. The molecule has 23 heavy (non-hydrogen) atoms. The Kier molecular flexibility index (Phi) is 7.25. The lowest BCUT2D eigenvalue weighted by atomic mass is 10.2. The Morgan fingerprint density at radius 1 is 1.26 bits per heavy atom. The summed E-state index contributed by atoms with van der Waals surface area (Å²) in [7, 11) is 0. The maximum atomic E-state index is 12.8. The quantitative estimate of drug-likeness (QED) is 0.199. The molecule has 0 heterocycles. The zero-order chi connectivity index (χ0) is 17.2. The molecule has 0 bridgehead atoms. The average molecular weight is 323 g/mol. The fourth-order valence-corrected chi connectivity index (χ4v) is 1.47. The summed E-state index contributed by atoms with van der Waals surface area (Å²) < 4.78 is 22.4. The highest BCUT2D eigenvalue weighted by molar-refractivity contribution is 6.18. The first kappa shape index (κ1) is 18.1. The number of benzene rings is 1. The third kappa shape index (κ3) is 5.77. The lowest BCUT2D eigenvalue weighted by Gasteiger charge is -2.08. The SMILES string of the molecule is CCOC(=O)C(/C(N)=N/N=C/c1ccc(F)cc1)=C(/O)OCC. The minimum absolute atomic E-state index is 0.0911. The van der Waals surface area contributed by atoms with Gasteiger partial charge in [-0.15, -0.1) is 5.10 Å². The molecule has 3 N–H and O–H groups in total. The number of hydrogen-bond acceptors (Lipinski definition) is 6. The number of amidine groups is 1. The van der Waals surface area contributed by atoms with Crippen molar-refractivity contribution in [2.45, 2.75) is 13.8 Å². The molecule has 0 atom stereocenters. The van der Waals surface area contributed by atoms with E-state index in [-0.39, 0.29) is 24.9 Å². The average Bonchev–Trinajstić information content (AvgIpc) is 2.50. The van der Waals surface area contributed by atoms with Gasteiger partial charge in [0.05, 0.1) is 19.4 Å². The van der Waals surface area contributed by atoms with E-state index in [1.807, 2.05) is 0 Å². The number of rotatable bonds is 7. The third-order valence-corrected chi connectivity index (χ3v) is 2.47. The lowest BCUT2D eigenvalue weighted by molar-refractivity contribution is -0.138. The molecule has 0 unspecified atom stereocenters. The molecule has 7 nitrogen and oxygen atoms in total. The number of ether oxygens (including phenoxy) is 2. The topological polar surface area (TPSA) is 107 Å². The zero-order valence-electron chi connectivity index (χ0n) is 12.8. The van der Waals surface area contributed by atoms with Crippen molar-refractivity contribution in [3.63, 3.8) is 0 Å². The van der Waals surface area contributed by atoms with E-state index in [0.717, 1.165) is 0 Å². The Hall–Kier alpha value is -2.90. The smallest absolute Gasteiger partial charge is 0.349 e. The number of nitrogens with zero attached hydrogens (tertiary/aromatic N) is 2. The summed E-state index contributed by atoms with van der Waals surface area (Å²) in [6.07, 6.45) is 1.31. The second-order valence-electron chi connectivity index (χ2n) is 4.11. The maximum Gasteiger partial charge on any atom is 0.349 e. The molecule has 124 valence electrons. The van der Waals surface area contributed by atoms with Crippen LogP contribution in [0.1, 0.15) is 19.4 Å². The van der Waals surface area contributed by atoms with Gasteiger partial charge in [-0.1, -0.05) is 12.1 Å². The Bertz CT molecular complexity index is 624. The summed E-state index contributed by atoms with van der Waals surface area (Å²) in [5.74, 6) is -2.31. The van der Waals surface area contributed by atoms with Crippen LogP contribution < -0.4 is 5.73 Å². The lowest BCUT2D eigenvalue weighted by Crippen LogP contribution is -2.25. The van der Waals surface area contributed by atoms with Gasteiger partial charge in [-0.3, -0.25) is 0 Å². The van der Waals surface area contributed by atoms with E-state index in [2.05, 4.69) is 10.2 Å². The van der Waals surface area contributed by atoms with Gasteiger partial charge >= 0.3 is 5.97 Å². The minimum Gasteiger partial charge on any atom is -0.480 e. The van der Waals surface area contributed by atoms with E-state index in [4.69, 9.17) is 15.2 Å². The fourth-order valence-electron chi connectivity index (χ4n) is 1.47. The molecule has 0 aliphatic heterocycles. The first-order chi connectivity index (χ1) is 11.0. The van der Waals surface area contributed by atoms with Gasteiger partial charge in [0.2, 0.25) is 0 Å². The van der Waals surface area contributed by atoms with Crippen molar-refractivity contribution < 1.29 is 23.8 Å². The van der Waals surface area contributed by atoms with E-state index in [1.165, 1.54) is 30.5 Å². The van der Waals surface area contributed by atoms with Crippen LogP contribution in [0.25, 0.3) is 0 Å². The van der Waals surface area contributed by atoms with Crippen LogP contribution in [0.4, 0.5) is 4.39 Å². The van der Waals surface area contributed by atoms with Crippen molar-refractivity contribution in [2.75, 3.05) is 13.2 Å². The zero-order valence-corrected chi connectivity index (χ0v) is 12.8. The molecule has 0 saturated heterocycles. The van der Waals surface area contributed by atoms with Crippen LogP contribution in [0.3, 0.4) is 0 Å². The van der Waals surface area contributed by atoms with Crippen LogP contribution in [0.5, 0.6) is 0 Å². The van der Waals surface area contributed by atoms with E-state index in [9.17, 15) is 14.3 Å². The van der Waals surface area contributed by atoms with Crippen molar-refractivity contribution >= 4 is 18.0 Å². The van der Waals surface area contributed by atoms with Crippen LogP contribution >= 0.6 is 0 Å². The largest absolute Gasteiger partial charge is 0.480 e. The van der Waals surface area contributed by atoms with Crippen molar-refractivity contribution in [3.05, 3.63) is 47.2 Å². The normalized spacial score (nSPS) is 12.9. The highest BCUT2D eigenvalue weighted by Crippen LogP contribution is 2.07. The number of esters is 1. The summed E-state index contributed by atoms with van der Waals surface area (Å²) in [6, 6.07) is 5.51. The number of carbonyl (C=O) groups is 1. The van der Waals surface area contributed by atoms with Crippen molar-refractivity contribution in [1.29, 1.82) is 0 Å². The molecule has 0 aromatic heterocycles. The van der Waals surface area contributed by atoms with Gasteiger partial charge in [0.25, 0.3) is 5.95 Å². The molecule has 0 saturated carbocycles. The Balaban J connectivity index is 2.99. The Labute approximate surface area is 132 Å². The Morgan fingerprint density at radius 2 is 1.87 bits per heavy atom. The van der Waals surface area contributed by atoms with E-state index in [0.29, 0.717) is 5.56 Å². The molecule has 8 heteroatoms. The number of nitrogens with two attached hydrogens (primary N) is 1. The van der Waals surface area contributed by atoms with E-state index >= 15 is 0 Å². The molecule has 1 aromatic carbocycles. The van der Waals surface area contributed by atoms with Gasteiger partial charge in [-0.25, -0.2) is 9.18 Å². The molecule has 1 rings (SSSR count). The van der Waals surface area contributed by atoms with Crippen LogP contribution in [0.15, 0.2) is 46.0 Å². The minimum atomic E-state index is -0.878. The first-order valence-electron chi connectivity index (χ1n) is 6.85. The van der Waals surface area contributed by atoms with Gasteiger partial charge < -0.3 is 20.3 Å². The summed E-state index contributed by atoms with van der Waals surface area (Å²) in [4.78, 5) is 11.8. The highest BCUT2D eigenvalue weighted by atomic mass is 19.1. The molecule has 1 aromatic rings. The van der Waals surface area contributed by atoms with Gasteiger partial charge in [-0.05, 0) is 31.5 Å². The second kappa shape index (κ2) is 9.19. The van der Waals surface area contributed by atoms with Crippen molar-refractivity contribution in [1.82, 2.24) is 0 Å². The van der Waals surface area contributed by atoms with Gasteiger partial charge in [0, 0.05) is 0 Å². The van der Waals surface area contributed by atoms with E-state index in [1.54, 1.807) is 13.8 Å². The first-order valence-corrected chi connectivity index (χ1v) is 6.85. The molecule has 0 spiro atoms. The molecule has 0 amide bonds. The number of aliphatic hydroxyl groups is 1. The van der Waals surface area contributed by atoms with Gasteiger partial charge in [0.1, 0.15) is 5.82 Å².